The van der Waals surface area contributed by atoms with Gasteiger partial charge >= 0.3 is 0 Å². The minimum atomic E-state index is 0.151. The van der Waals surface area contributed by atoms with E-state index in [1.807, 2.05) is 0 Å². The lowest BCUT2D eigenvalue weighted by molar-refractivity contribution is 0.589. The Bertz CT molecular complexity index is 1330. The van der Waals surface area contributed by atoms with Gasteiger partial charge in [-0.3, -0.25) is 0 Å². The van der Waals surface area contributed by atoms with Crippen molar-refractivity contribution in [2.75, 3.05) is 4.90 Å². The van der Waals surface area contributed by atoms with Gasteiger partial charge in [-0.25, -0.2) is 0 Å². The molecule has 0 heterocycles. The number of fused-ring (bicyclic) bond motifs is 2. The summed E-state index contributed by atoms with van der Waals surface area (Å²) in [7, 11) is 0. The number of benzene rings is 5. The van der Waals surface area contributed by atoms with Gasteiger partial charge in [-0.2, -0.15) is 0 Å². The molecule has 0 fully saturated rings. The highest BCUT2D eigenvalue weighted by molar-refractivity contribution is 5.90. The molecule has 0 amide bonds. The first kappa shape index (κ1) is 21.3. The Hall–Kier alpha value is -3.58. The molecule has 0 saturated heterocycles. The molecule has 33 heavy (non-hydrogen) atoms. The quantitative estimate of drug-likeness (QED) is 0.275. The normalized spacial score (nSPS) is 12.7. The molecule has 5 aromatic carbocycles. The summed E-state index contributed by atoms with van der Waals surface area (Å²) in [6, 6.07) is 40.1. The molecule has 5 rings (SSSR count). The van der Waals surface area contributed by atoms with E-state index in [0.29, 0.717) is 0 Å². The fraction of sp³-hybridized carbons (Fsp3) is 0.188. The van der Waals surface area contributed by atoms with Crippen LogP contribution in [0.15, 0.2) is 109 Å². The van der Waals surface area contributed by atoms with Crippen LogP contribution >= 0.6 is 0 Å². The zero-order valence-electron chi connectivity index (χ0n) is 19.9. The van der Waals surface area contributed by atoms with E-state index in [1.165, 1.54) is 44.0 Å². The second-order valence-electron chi connectivity index (χ2n) is 9.98. The van der Waals surface area contributed by atoms with Gasteiger partial charge in [0.2, 0.25) is 0 Å². The monoisotopic (exact) mass is 429 g/mol. The molecule has 0 spiro atoms. The summed E-state index contributed by atoms with van der Waals surface area (Å²) in [6.07, 6.45) is 0. The molecule has 0 radical (unpaired) electrons. The largest absolute Gasteiger partial charge is 0.334 e. The van der Waals surface area contributed by atoms with Crippen molar-refractivity contribution < 1.29 is 0 Å². The summed E-state index contributed by atoms with van der Waals surface area (Å²) in [6.45, 7) is 9.10. The maximum atomic E-state index is 2.46. The molecule has 1 unspecified atom stereocenters. The van der Waals surface area contributed by atoms with Crippen molar-refractivity contribution >= 4 is 32.9 Å². The minimum Gasteiger partial charge on any atom is -0.334 e. The molecule has 0 saturated carbocycles. The topological polar surface area (TPSA) is 3.24 Å². The average molecular weight is 430 g/mol. The van der Waals surface area contributed by atoms with Gasteiger partial charge in [0.15, 0.2) is 0 Å². The zero-order valence-corrected chi connectivity index (χ0v) is 19.9. The fourth-order valence-electron chi connectivity index (χ4n) is 4.66. The van der Waals surface area contributed by atoms with E-state index in [0.717, 1.165) is 0 Å². The minimum absolute atomic E-state index is 0.151. The lowest BCUT2D eigenvalue weighted by Crippen LogP contribution is -2.21. The van der Waals surface area contributed by atoms with Crippen LogP contribution < -0.4 is 4.90 Å². The van der Waals surface area contributed by atoms with Crippen molar-refractivity contribution in [1.82, 2.24) is 0 Å². The van der Waals surface area contributed by atoms with E-state index < -0.39 is 0 Å². The van der Waals surface area contributed by atoms with E-state index in [4.69, 9.17) is 0 Å². The zero-order chi connectivity index (χ0) is 23.0. The first-order valence-corrected chi connectivity index (χ1v) is 11.8. The molecular formula is C32H31N. The smallest absolute Gasteiger partial charge is 0.0563 e. The molecule has 164 valence electrons. The van der Waals surface area contributed by atoms with Gasteiger partial charge < -0.3 is 4.90 Å². The molecule has 1 atom stereocenters. The first-order valence-electron chi connectivity index (χ1n) is 11.8. The molecule has 0 bridgehead atoms. The van der Waals surface area contributed by atoms with E-state index in [-0.39, 0.29) is 11.5 Å². The SMILES string of the molecule is CC(c1ccc(C(C)(C)C)cc1)N(c1ccc2ccccc2c1)c1ccc2ccccc2c1. The van der Waals surface area contributed by atoms with Crippen LogP contribution in [-0.2, 0) is 5.41 Å². The summed E-state index contributed by atoms with van der Waals surface area (Å²) in [5.41, 5.74) is 5.23. The Morgan fingerprint density at radius 1 is 0.545 bits per heavy atom. The van der Waals surface area contributed by atoms with Crippen LogP contribution in [0.5, 0.6) is 0 Å². The lowest BCUT2D eigenvalue weighted by Gasteiger charge is -2.33. The van der Waals surface area contributed by atoms with Crippen molar-refractivity contribution in [2.24, 2.45) is 0 Å². The molecule has 0 aliphatic rings. The van der Waals surface area contributed by atoms with Crippen molar-refractivity contribution in [1.29, 1.82) is 0 Å². The average Bonchev–Trinajstić information content (AvgIpc) is 2.83. The number of anilines is 2. The summed E-state index contributed by atoms with van der Waals surface area (Å²) in [5, 5.41) is 5.05. The molecule has 1 nitrogen and oxygen atoms in total. The van der Waals surface area contributed by atoms with Gasteiger partial charge in [-0.15, -0.1) is 0 Å². The molecular weight excluding hydrogens is 398 g/mol. The molecule has 1 heteroatoms. The van der Waals surface area contributed by atoms with Crippen molar-refractivity contribution in [3.63, 3.8) is 0 Å². The molecule has 0 aromatic heterocycles. The second kappa shape index (κ2) is 8.41. The highest BCUT2D eigenvalue weighted by Crippen LogP contribution is 2.38. The van der Waals surface area contributed by atoms with Crippen LogP contribution in [0.25, 0.3) is 21.5 Å². The van der Waals surface area contributed by atoms with Crippen LogP contribution in [-0.4, -0.2) is 0 Å². The summed E-state index contributed by atoms with van der Waals surface area (Å²) in [4.78, 5) is 2.46. The summed E-state index contributed by atoms with van der Waals surface area (Å²) < 4.78 is 0. The van der Waals surface area contributed by atoms with E-state index in [1.54, 1.807) is 0 Å². The van der Waals surface area contributed by atoms with E-state index in [9.17, 15) is 0 Å². The van der Waals surface area contributed by atoms with Crippen molar-refractivity contribution in [3.05, 3.63) is 120 Å². The second-order valence-corrected chi connectivity index (χ2v) is 9.98. The Labute approximate surface area is 197 Å². The van der Waals surface area contributed by atoms with Crippen LogP contribution in [0.4, 0.5) is 11.4 Å². The predicted molar refractivity (Wildman–Crippen MR) is 144 cm³/mol. The van der Waals surface area contributed by atoms with Crippen LogP contribution in [0, 0.1) is 0 Å². The number of hydrogen-bond donors (Lipinski definition) is 0. The summed E-state index contributed by atoms with van der Waals surface area (Å²) in [5.74, 6) is 0. The highest BCUT2D eigenvalue weighted by atomic mass is 15.2. The maximum absolute atomic E-state index is 2.46. The third kappa shape index (κ3) is 4.24. The van der Waals surface area contributed by atoms with Crippen molar-refractivity contribution in [2.45, 2.75) is 39.2 Å². The molecule has 0 aliphatic carbocycles. The summed E-state index contributed by atoms with van der Waals surface area (Å²) >= 11 is 0. The van der Waals surface area contributed by atoms with Crippen LogP contribution in [0.3, 0.4) is 0 Å². The van der Waals surface area contributed by atoms with Gasteiger partial charge in [-0.05, 0) is 69.3 Å². The van der Waals surface area contributed by atoms with Gasteiger partial charge in [-0.1, -0.05) is 106 Å². The Morgan fingerprint density at radius 2 is 1.00 bits per heavy atom. The van der Waals surface area contributed by atoms with Gasteiger partial charge in [0, 0.05) is 11.4 Å². The Balaban J connectivity index is 1.63. The van der Waals surface area contributed by atoms with Crippen LogP contribution in [0.2, 0.25) is 0 Å². The Morgan fingerprint density at radius 3 is 1.45 bits per heavy atom. The lowest BCUT2D eigenvalue weighted by atomic mass is 9.86. The maximum Gasteiger partial charge on any atom is 0.0563 e. The molecule has 0 N–H and O–H groups in total. The highest BCUT2D eigenvalue weighted by Gasteiger charge is 2.21. The Kier molecular flexibility index (Phi) is 5.42. The standard InChI is InChI=1S/C32H31N/c1-23(24-13-17-29(18-14-24)32(2,3)4)33(30-19-15-25-9-5-7-11-27(25)21-30)31-20-16-26-10-6-8-12-28(26)22-31/h5-23H,1-4H3. The third-order valence-corrected chi connectivity index (χ3v) is 6.67. The molecule has 0 aliphatic heterocycles. The van der Waals surface area contributed by atoms with Gasteiger partial charge in [0.1, 0.15) is 0 Å². The third-order valence-electron chi connectivity index (χ3n) is 6.67. The molecule has 5 aromatic rings. The van der Waals surface area contributed by atoms with E-state index in [2.05, 4.69) is 142 Å². The predicted octanol–water partition coefficient (Wildman–Crippen LogP) is 9.19. The first-order chi connectivity index (χ1) is 15.9. The van der Waals surface area contributed by atoms with Gasteiger partial charge in [0.25, 0.3) is 0 Å². The number of hydrogen-bond acceptors (Lipinski definition) is 1. The number of rotatable bonds is 4. The fourth-order valence-corrected chi connectivity index (χ4v) is 4.66. The van der Waals surface area contributed by atoms with Crippen molar-refractivity contribution in [3.8, 4) is 0 Å². The van der Waals surface area contributed by atoms with E-state index >= 15 is 0 Å². The number of nitrogens with zero attached hydrogens (tertiary/aromatic N) is 1. The van der Waals surface area contributed by atoms with Gasteiger partial charge in [0.05, 0.1) is 6.04 Å². The van der Waals surface area contributed by atoms with Crippen LogP contribution in [0.1, 0.15) is 44.9 Å².